The Hall–Kier alpha value is -6.82. The number of benzene rings is 2. The summed E-state index contributed by atoms with van der Waals surface area (Å²) in [6.07, 6.45) is 8.23. The van der Waals surface area contributed by atoms with Crippen molar-refractivity contribution >= 4 is 62.8 Å². The number of halogens is 3. The molecule has 3 unspecified atom stereocenters. The Labute approximate surface area is 395 Å². The summed E-state index contributed by atoms with van der Waals surface area (Å²) in [5.74, 6) is -7.57. The summed E-state index contributed by atoms with van der Waals surface area (Å²) in [4.78, 5) is 80.4. The van der Waals surface area contributed by atoms with Gasteiger partial charge in [0.25, 0.3) is 23.6 Å². The number of piperidine rings is 2. The van der Waals surface area contributed by atoms with Crippen LogP contribution in [0.25, 0.3) is 22.0 Å². The summed E-state index contributed by atoms with van der Waals surface area (Å²) in [6.45, 7) is 1.62. The van der Waals surface area contributed by atoms with Gasteiger partial charge < -0.3 is 9.67 Å². The van der Waals surface area contributed by atoms with Crippen molar-refractivity contribution in [3.63, 3.8) is 0 Å². The van der Waals surface area contributed by atoms with Gasteiger partial charge in [0, 0.05) is 80.6 Å². The highest BCUT2D eigenvalue weighted by molar-refractivity contribution is 7.13. The van der Waals surface area contributed by atoms with Gasteiger partial charge in [-0.3, -0.25) is 58.8 Å². The van der Waals surface area contributed by atoms with Crippen molar-refractivity contribution in [1.82, 2.24) is 54.1 Å². The van der Waals surface area contributed by atoms with Crippen LogP contribution in [-0.4, -0.2) is 135 Å². The number of thiazole rings is 1. The largest absolute Gasteiger partial charge is 0.377 e. The predicted octanol–water partition coefficient (Wildman–Crippen LogP) is 4.68. The van der Waals surface area contributed by atoms with Gasteiger partial charge in [-0.15, -0.1) is 11.3 Å². The zero-order chi connectivity index (χ0) is 47.9. The van der Waals surface area contributed by atoms with Crippen LogP contribution < -0.4 is 15.5 Å². The number of nitrogens with zero attached hydrogens (tertiary/aromatic N) is 11. The number of urea groups is 1. The monoisotopic (exact) mass is 965 g/mol. The lowest BCUT2D eigenvalue weighted by Gasteiger charge is -2.41. The third-order valence-corrected chi connectivity index (χ3v) is 14.8. The van der Waals surface area contributed by atoms with E-state index < -0.39 is 65.8 Å². The minimum absolute atomic E-state index is 0.0354. The van der Waals surface area contributed by atoms with Crippen LogP contribution >= 0.6 is 11.3 Å². The molecule has 3 N–H and O–H groups in total. The first-order valence-electron chi connectivity index (χ1n) is 22.8. The molecule has 0 bridgehead atoms. The van der Waals surface area contributed by atoms with Crippen molar-refractivity contribution in [3.05, 3.63) is 94.5 Å². The molecule has 69 heavy (non-hydrogen) atoms. The van der Waals surface area contributed by atoms with Gasteiger partial charge in [-0.25, -0.2) is 27.9 Å². The SMILES string of the molecule is Cn1nc(N2CCC(=O)NC2=O)c2ccc(C3CCN(CC(O)N4CCC(n5cc(-c6cc(F)c7c(c6)C(=O)N(C(C(=O)Nc6nccs6)c6ncn8c6CCC8)C7=O)cn5)CC4)CC3(F)F)cc21. The molecule has 0 spiro atoms. The van der Waals surface area contributed by atoms with Crippen LogP contribution in [0.3, 0.4) is 0 Å². The maximum Gasteiger partial charge on any atom is 0.329 e. The van der Waals surface area contributed by atoms with Crippen molar-refractivity contribution in [1.29, 1.82) is 0 Å². The van der Waals surface area contributed by atoms with Crippen molar-refractivity contribution < 1.29 is 42.3 Å². The van der Waals surface area contributed by atoms with E-state index in [4.69, 9.17) is 0 Å². The molecule has 5 aliphatic rings. The van der Waals surface area contributed by atoms with Crippen LogP contribution in [0.1, 0.15) is 87.8 Å². The van der Waals surface area contributed by atoms with Gasteiger partial charge in [-0.05, 0) is 74.0 Å². The van der Waals surface area contributed by atoms with E-state index in [1.54, 1.807) is 63.6 Å². The molecule has 11 rings (SSSR count). The molecule has 4 aromatic heterocycles. The number of aliphatic hydroxyl groups is 1. The maximum absolute atomic E-state index is 16.0. The molecule has 3 atom stereocenters. The van der Waals surface area contributed by atoms with Gasteiger partial charge >= 0.3 is 6.03 Å². The number of aryl methyl sites for hydroxylation is 2. The fourth-order valence-corrected chi connectivity index (χ4v) is 11.1. The highest BCUT2D eigenvalue weighted by Gasteiger charge is 2.49. The predicted molar refractivity (Wildman–Crippen MR) is 243 cm³/mol. The molecule has 6 aromatic rings. The van der Waals surface area contributed by atoms with Crippen molar-refractivity contribution in [2.45, 2.75) is 75.2 Å². The van der Waals surface area contributed by atoms with Crippen LogP contribution in [0.4, 0.5) is 28.9 Å². The maximum atomic E-state index is 16.0. The fourth-order valence-electron chi connectivity index (χ4n) is 10.6. The Bertz CT molecular complexity index is 3050. The first-order valence-corrected chi connectivity index (χ1v) is 23.7. The van der Waals surface area contributed by atoms with Gasteiger partial charge in [0.05, 0.1) is 53.4 Å². The normalized spacial score (nSPS) is 21.0. The number of amides is 6. The van der Waals surface area contributed by atoms with E-state index in [0.29, 0.717) is 78.9 Å². The average Bonchev–Trinajstić information content (AvgIpc) is 4.20. The molecule has 23 heteroatoms. The van der Waals surface area contributed by atoms with E-state index in [1.807, 2.05) is 9.47 Å². The molecular formula is C46H46F3N13O6S. The number of nitrogens with one attached hydrogen (secondary N) is 2. The Balaban J connectivity index is 0.722. The van der Waals surface area contributed by atoms with Gasteiger partial charge in [0.2, 0.25) is 5.91 Å². The summed E-state index contributed by atoms with van der Waals surface area (Å²) in [6, 6.07) is 5.51. The number of anilines is 2. The molecule has 0 saturated carbocycles. The number of hydrogen-bond donors (Lipinski definition) is 3. The zero-order valence-corrected chi connectivity index (χ0v) is 38.0. The Morgan fingerprint density at radius 1 is 1.00 bits per heavy atom. The Morgan fingerprint density at radius 3 is 2.59 bits per heavy atom. The number of carbonyl (C=O) groups is 5. The second-order valence-electron chi connectivity index (χ2n) is 18.2. The number of imide groups is 2. The van der Waals surface area contributed by atoms with Gasteiger partial charge in [-0.1, -0.05) is 6.07 Å². The number of likely N-dealkylation sites (tertiary alicyclic amines) is 2. The molecule has 3 saturated heterocycles. The fraction of sp³-hybridized carbons (Fsp3) is 0.413. The van der Waals surface area contributed by atoms with Crippen LogP contribution in [0, 0.1) is 5.82 Å². The first-order chi connectivity index (χ1) is 33.2. The number of β-amino-alcohol motifs (C(OH)–C–C–N with tert-alkyl or cyclic N) is 1. The average molecular weight is 966 g/mol. The summed E-state index contributed by atoms with van der Waals surface area (Å²) in [5, 5.41) is 27.9. The summed E-state index contributed by atoms with van der Waals surface area (Å²) >= 11 is 1.17. The smallest absolute Gasteiger partial charge is 0.329 e. The zero-order valence-electron chi connectivity index (χ0n) is 37.2. The van der Waals surface area contributed by atoms with Crippen molar-refractivity contribution in [2.75, 3.05) is 49.5 Å². The Kier molecular flexibility index (Phi) is 11.2. The quantitative estimate of drug-likeness (QED) is 0.151. The summed E-state index contributed by atoms with van der Waals surface area (Å²) < 4.78 is 53.1. The number of aliphatic hydroxyl groups excluding tert-OH is 1. The number of alkyl halides is 2. The van der Waals surface area contributed by atoms with Crippen LogP contribution in [0.5, 0.6) is 0 Å². The lowest BCUT2D eigenvalue weighted by atomic mass is 9.85. The lowest BCUT2D eigenvalue weighted by Crippen LogP contribution is -2.53. The molecule has 0 radical (unpaired) electrons. The highest BCUT2D eigenvalue weighted by atomic mass is 32.1. The van der Waals surface area contributed by atoms with Gasteiger partial charge in [0.1, 0.15) is 12.0 Å². The molecule has 6 amide bonds. The van der Waals surface area contributed by atoms with E-state index in [0.717, 1.165) is 17.0 Å². The summed E-state index contributed by atoms with van der Waals surface area (Å²) in [7, 11) is 1.68. The molecule has 358 valence electrons. The number of hydrogen-bond acceptors (Lipinski definition) is 13. The molecule has 2 aromatic carbocycles. The van der Waals surface area contributed by atoms with E-state index in [9.17, 15) is 29.1 Å². The van der Waals surface area contributed by atoms with Crippen molar-refractivity contribution in [3.8, 4) is 11.1 Å². The third kappa shape index (κ3) is 7.95. The number of imidazole rings is 1. The van der Waals surface area contributed by atoms with E-state index in [2.05, 4.69) is 30.8 Å². The number of rotatable bonds is 11. The first kappa shape index (κ1) is 44.7. The third-order valence-electron chi connectivity index (χ3n) is 14.1. The van der Waals surface area contributed by atoms with Crippen molar-refractivity contribution in [2.24, 2.45) is 7.05 Å². The topological polar surface area (TPSA) is 209 Å². The molecule has 19 nitrogen and oxygen atoms in total. The van der Waals surface area contributed by atoms with Gasteiger partial charge in [-0.2, -0.15) is 10.2 Å². The number of fused-ring (bicyclic) bond motifs is 3. The number of carbonyl (C=O) groups excluding carboxylic acids is 5. The molecule has 5 aliphatic heterocycles. The van der Waals surface area contributed by atoms with Crippen LogP contribution in [-0.2, 0) is 29.6 Å². The van der Waals surface area contributed by atoms with Crippen LogP contribution in [0.15, 0.2) is 60.6 Å². The summed E-state index contributed by atoms with van der Waals surface area (Å²) in [5.41, 5.74) is 2.22. The van der Waals surface area contributed by atoms with Gasteiger partial charge in [0.15, 0.2) is 17.0 Å². The standard InChI is InChI=1S/C46H46F3N13O6S/c1-56-34-19-25(4-5-29(34)40(55-56)60-15-9-35(63)53-45(60)68)31-8-12-57(23-46(31,48)49)22-36(64)58-13-6-28(7-14-58)61-21-27(20-52-61)26-17-30-37(32(47)18-26)43(67)62(42(30)66)39(41(65)54-44-50-10-16-69-44)38-33-3-2-11-59(33)24-51-38/h4-5,10,16-21,24,28,31,36,39,64H,2-3,6-9,11-15,22-23H2,1H3,(H,50,54,65)(H,53,63,68). The molecule has 3 fully saturated rings. The van der Waals surface area contributed by atoms with E-state index in [1.165, 1.54) is 34.6 Å². The van der Waals surface area contributed by atoms with Crippen LogP contribution in [0.2, 0.25) is 0 Å². The molecular weight excluding hydrogens is 920 g/mol. The van der Waals surface area contributed by atoms with E-state index in [-0.39, 0.29) is 54.3 Å². The minimum atomic E-state index is -3.10. The second-order valence-corrected chi connectivity index (χ2v) is 19.1. The lowest BCUT2D eigenvalue weighted by molar-refractivity contribution is -0.121. The minimum Gasteiger partial charge on any atom is -0.377 e. The number of aromatic nitrogens is 7. The molecule has 9 heterocycles. The van der Waals surface area contributed by atoms with E-state index >= 15 is 13.2 Å². The highest BCUT2D eigenvalue weighted by Crippen LogP contribution is 2.43. The second kappa shape index (κ2) is 17.3. The Morgan fingerprint density at radius 2 is 1.83 bits per heavy atom. The molecule has 0 aliphatic carbocycles.